The van der Waals surface area contributed by atoms with E-state index in [1.54, 1.807) is 0 Å². The normalized spacial score (nSPS) is 34.1. The van der Waals surface area contributed by atoms with Gasteiger partial charge in [0.25, 0.3) is 0 Å². The van der Waals surface area contributed by atoms with Crippen molar-refractivity contribution in [3.8, 4) is 0 Å². The van der Waals surface area contributed by atoms with E-state index >= 15 is 0 Å². The summed E-state index contributed by atoms with van der Waals surface area (Å²) in [6.07, 6.45) is 7.85. The molecule has 0 aromatic rings. The minimum atomic E-state index is 0.110. The van der Waals surface area contributed by atoms with Gasteiger partial charge in [0.15, 0.2) is 0 Å². The highest BCUT2D eigenvalue weighted by atomic mass is 16.5. The molecule has 2 saturated carbocycles. The molecule has 0 bridgehead atoms. The fourth-order valence-corrected chi connectivity index (χ4v) is 3.38. The molecule has 2 unspecified atom stereocenters. The number of carbonyl (C=O) groups excluding carboxylic acids is 1. The summed E-state index contributed by atoms with van der Waals surface area (Å²) in [6, 6.07) is 0.250. The number of rotatable bonds is 5. The monoisotopic (exact) mass is 252 g/mol. The molecular weight excluding hydrogens is 228 g/mol. The van der Waals surface area contributed by atoms with Crippen LogP contribution in [0.1, 0.15) is 44.9 Å². The van der Waals surface area contributed by atoms with Crippen molar-refractivity contribution in [3.63, 3.8) is 0 Å². The van der Waals surface area contributed by atoms with Gasteiger partial charge in [0.1, 0.15) is 0 Å². The average Bonchev–Trinajstić information content (AvgIpc) is 3.05. The summed E-state index contributed by atoms with van der Waals surface area (Å²) in [7, 11) is 0. The molecule has 4 heteroatoms. The molecule has 3 fully saturated rings. The van der Waals surface area contributed by atoms with Crippen LogP contribution in [-0.4, -0.2) is 31.2 Å². The Morgan fingerprint density at radius 2 is 2.11 bits per heavy atom. The van der Waals surface area contributed by atoms with Crippen LogP contribution in [0.3, 0.4) is 0 Å². The van der Waals surface area contributed by atoms with Gasteiger partial charge in [0, 0.05) is 13.0 Å². The summed E-state index contributed by atoms with van der Waals surface area (Å²) in [6.45, 7) is 1.45. The molecule has 0 aromatic carbocycles. The van der Waals surface area contributed by atoms with E-state index in [4.69, 9.17) is 10.5 Å². The second-order valence-electron chi connectivity index (χ2n) is 6.37. The second-order valence-corrected chi connectivity index (χ2v) is 6.37. The third-order valence-electron chi connectivity index (χ3n) is 4.95. The molecule has 1 saturated heterocycles. The van der Waals surface area contributed by atoms with E-state index in [1.165, 1.54) is 19.3 Å². The van der Waals surface area contributed by atoms with E-state index in [9.17, 15) is 4.79 Å². The smallest absolute Gasteiger partial charge is 0.220 e. The van der Waals surface area contributed by atoms with E-state index in [0.717, 1.165) is 25.9 Å². The molecule has 3 rings (SSSR count). The van der Waals surface area contributed by atoms with Crippen molar-refractivity contribution >= 4 is 5.91 Å². The zero-order valence-electron chi connectivity index (χ0n) is 11.0. The lowest BCUT2D eigenvalue weighted by Gasteiger charge is -2.40. The van der Waals surface area contributed by atoms with E-state index in [1.807, 2.05) is 0 Å². The number of nitrogens with two attached hydrogens (primary N) is 1. The fraction of sp³-hybridized carbons (Fsp3) is 0.929. The highest BCUT2D eigenvalue weighted by Gasteiger charge is 2.42. The molecule has 18 heavy (non-hydrogen) atoms. The van der Waals surface area contributed by atoms with Crippen LogP contribution in [-0.2, 0) is 9.53 Å². The van der Waals surface area contributed by atoms with Crippen LogP contribution in [0.15, 0.2) is 0 Å². The van der Waals surface area contributed by atoms with Gasteiger partial charge >= 0.3 is 0 Å². The lowest BCUT2D eigenvalue weighted by Crippen LogP contribution is -2.46. The fourth-order valence-electron chi connectivity index (χ4n) is 3.38. The molecule has 1 aliphatic heterocycles. The van der Waals surface area contributed by atoms with Gasteiger partial charge in [-0.3, -0.25) is 4.79 Å². The topological polar surface area (TPSA) is 64.4 Å². The van der Waals surface area contributed by atoms with Gasteiger partial charge in [-0.15, -0.1) is 0 Å². The first-order valence-corrected chi connectivity index (χ1v) is 7.33. The largest absolute Gasteiger partial charge is 0.376 e. The summed E-state index contributed by atoms with van der Waals surface area (Å²) in [5.41, 5.74) is 5.92. The van der Waals surface area contributed by atoms with E-state index in [0.29, 0.717) is 18.9 Å². The summed E-state index contributed by atoms with van der Waals surface area (Å²) in [4.78, 5) is 12.1. The first kappa shape index (κ1) is 12.4. The van der Waals surface area contributed by atoms with Crippen LogP contribution in [0.2, 0.25) is 0 Å². The Balaban J connectivity index is 1.51. The predicted octanol–water partition coefficient (Wildman–Crippen LogP) is 1.19. The minimum Gasteiger partial charge on any atom is -0.376 e. The molecular formula is C14H24N2O2. The Hall–Kier alpha value is -0.610. The van der Waals surface area contributed by atoms with Crippen LogP contribution in [0.25, 0.3) is 0 Å². The van der Waals surface area contributed by atoms with Gasteiger partial charge in [-0.1, -0.05) is 6.42 Å². The van der Waals surface area contributed by atoms with Crippen molar-refractivity contribution in [1.82, 2.24) is 5.32 Å². The standard InChI is InChI=1S/C14H24N2O2/c15-9-14(5-1-6-14)8-12(17)16-11-4-7-18-13(11)10-2-3-10/h10-11,13H,1-9,15H2,(H,16,17). The molecule has 3 N–H and O–H groups in total. The number of ether oxygens (including phenoxy) is 1. The van der Waals surface area contributed by atoms with Gasteiger partial charge in [-0.05, 0) is 50.0 Å². The second kappa shape index (κ2) is 4.82. The quantitative estimate of drug-likeness (QED) is 0.772. The summed E-state index contributed by atoms with van der Waals surface area (Å²) < 4.78 is 5.75. The zero-order valence-corrected chi connectivity index (χ0v) is 11.0. The molecule has 4 nitrogen and oxygen atoms in total. The van der Waals surface area contributed by atoms with Gasteiger partial charge in [0.2, 0.25) is 5.91 Å². The maximum Gasteiger partial charge on any atom is 0.220 e. The number of carbonyl (C=O) groups is 1. The van der Waals surface area contributed by atoms with Gasteiger partial charge in [-0.2, -0.15) is 0 Å². The van der Waals surface area contributed by atoms with Crippen molar-refractivity contribution in [2.75, 3.05) is 13.2 Å². The van der Waals surface area contributed by atoms with Crippen molar-refractivity contribution in [3.05, 3.63) is 0 Å². The van der Waals surface area contributed by atoms with Crippen molar-refractivity contribution in [2.45, 2.75) is 57.1 Å². The highest BCUT2D eigenvalue weighted by Crippen LogP contribution is 2.43. The third-order valence-corrected chi connectivity index (χ3v) is 4.95. The van der Waals surface area contributed by atoms with Crippen LogP contribution < -0.4 is 11.1 Å². The molecule has 2 atom stereocenters. The van der Waals surface area contributed by atoms with Crippen molar-refractivity contribution in [1.29, 1.82) is 0 Å². The number of amides is 1. The van der Waals surface area contributed by atoms with E-state index in [2.05, 4.69) is 5.32 Å². The molecule has 3 aliphatic rings. The summed E-state index contributed by atoms with van der Waals surface area (Å²) >= 11 is 0. The molecule has 1 amide bonds. The van der Waals surface area contributed by atoms with E-state index < -0.39 is 0 Å². The van der Waals surface area contributed by atoms with Crippen LogP contribution >= 0.6 is 0 Å². The van der Waals surface area contributed by atoms with Crippen molar-refractivity contribution in [2.24, 2.45) is 17.1 Å². The first-order chi connectivity index (χ1) is 8.72. The molecule has 1 heterocycles. The number of hydrogen-bond donors (Lipinski definition) is 2. The highest BCUT2D eigenvalue weighted by molar-refractivity contribution is 5.77. The Kier molecular flexibility index (Phi) is 3.32. The average molecular weight is 252 g/mol. The molecule has 0 spiro atoms. The Morgan fingerprint density at radius 1 is 1.33 bits per heavy atom. The molecule has 0 radical (unpaired) electrons. The summed E-state index contributed by atoms with van der Waals surface area (Å²) in [5, 5.41) is 3.19. The lowest BCUT2D eigenvalue weighted by molar-refractivity contribution is -0.125. The maximum atomic E-state index is 12.1. The minimum absolute atomic E-state index is 0.110. The molecule has 2 aliphatic carbocycles. The van der Waals surface area contributed by atoms with Crippen LogP contribution in [0.5, 0.6) is 0 Å². The van der Waals surface area contributed by atoms with Crippen LogP contribution in [0.4, 0.5) is 0 Å². The first-order valence-electron chi connectivity index (χ1n) is 7.33. The molecule has 0 aromatic heterocycles. The number of hydrogen-bond acceptors (Lipinski definition) is 3. The molecule has 102 valence electrons. The van der Waals surface area contributed by atoms with Gasteiger partial charge in [-0.25, -0.2) is 0 Å². The Bertz CT molecular complexity index is 318. The van der Waals surface area contributed by atoms with Crippen molar-refractivity contribution < 1.29 is 9.53 Å². The summed E-state index contributed by atoms with van der Waals surface area (Å²) in [5.74, 6) is 0.881. The Labute approximate surface area is 109 Å². The zero-order chi connectivity index (χ0) is 12.6. The van der Waals surface area contributed by atoms with E-state index in [-0.39, 0.29) is 23.5 Å². The maximum absolute atomic E-state index is 12.1. The SMILES string of the molecule is NCC1(CC(=O)NC2CCOC2C2CC2)CCC1. The predicted molar refractivity (Wildman–Crippen MR) is 69.0 cm³/mol. The van der Waals surface area contributed by atoms with Crippen LogP contribution in [0, 0.1) is 11.3 Å². The van der Waals surface area contributed by atoms with Gasteiger partial charge in [0.05, 0.1) is 12.1 Å². The Morgan fingerprint density at radius 3 is 2.67 bits per heavy atom. The number of nitrogens with one attached hydrogen (secondary N) is 1. The van der Waals surface area contributed by atoms with Gasteiger partial charge < -0.3 is 15.8 Å². The lowest BCUT2D eigenvalue weighted by atomic mass is 9.66. The third kappa shape index (κ3) is 2.41.